The van der Waals surface area contributed by atoms with Crippen molar-refractivity contribution in [2.75, 3.05) is 0 Å². The first kappa shape index (κ1) is 9.21. The quantitative estimate of drug-likeness (QED) is 0.762. The average molecular weight is 209 g/mol. The number of aromatic nitrogens is 2. The van der Waals surface area contributed by atoms with E-state index in [9.17, 15) is 0 Å². The highest BCUT2D eigenvalue weighted by Crippen LogP contribution is 2.19. The Bertz CT molecular complexity index is 422. The van der Waals surface area contributed by atoms with Crippen molar-refractivity contribution in [2.24, 2.45) is 0 Å². The predicted octanol–water partition coefficient (Wildman–Crippen LogP) is 2.95. The van der Waals surface area contributed by atoms with Gasteiger partial charge in [-0.15, -0.1) is 0 Å². The van der Waals surface area contributed by atoms with Gasteiger partial charge in [0.15, 0.2) is 0 Å². The molecule has 3 nitrogen and oxygen atoms in total. The molecule has 14 heavy (non-hydrogen) atoms. The lowest BCUT2D eigenvalue weighted by Crippen LogP contribution is -1.81. The monoisotopic (exact) mass is 208 g/mol. The number of rotatable bonds is 2. The second kappa shape index (κ2) is 3.80. The lowest BCUT2D eigenvalue weighted by atomic mass is 10.1. The van der Waals surface area contributed by atoms with E-state index in [2.05, 4.69) is 17.1 Å². The first-order chi connectivity index (χ1) is 6.79. The van der Waals surface area contributed by atoms with Gasteiger partial charge in [0, 0.05) is 5.56 Å². The maximum Gasteiger partial charge on any atom is 0.264 e. The molecule has 0 aliphatic rings. The van der Waals surface area contributed by atoms with Gasteiger partial charge in [-0.1, -0.05) is 19.1 Å². The lowest BCUT2D eigenvalue weighted by molar-refractivity contribution is 0.430. The maximum absolute atomic E-state index is 5.55. The van der Waals surface area contributed by atoms with Crippen molar-refractivity contribution < 1.29 is 4.52 Å². The van der Waals surface area contributed by atoms with Crippen LogP contribution in [0.3, 0.4) is 0 Å². The Kier molecular flexibility index (Phi) is 2.50. The zero-order chi connectivity index (χ0) is 9.97. The van der Waals surface area contributed by atoms with Crippen molar-refractivity contribution in [3.05, 3.63) is 35.1 Å². The molecule has 4 heteroatoms. The maximum atomic E-state index is 5.55. The second-order valence-corrected chi connectivity index (χ2v) is 3.26. The van der Waals surface area contributed by atoms with Gasteiger partial charge in [-0.3, -0.25) is 0 Å². The minimum atomic E-state index is 0.138. The smallest absolute Gasteiger partial charge is 0.264 e. The van der Waals surface area contributed by atoms with E-state index >= 15 is 0 Å². The van der Waals surface area contributed by atoms with Crippen LogP contribution in [-0.4, -0.2) is 10.1 Å². The molecule has 0 N–H and O–H groups in total. The molecule has 0 aliphatic carbocycles. The van der Waals surface area contributed by atoms with Crippen LogP contribution in [0.1, 0.15) is 12.5 Å². The molecule has 0 amide bonds. The van der Waals surface area contributed by atoms with Gasteiger partial charge in [-0.25, -0.2) is 0 Å². The summed E-state index contributed by atoms with van der Waals surface area (Å²) in [5, 5.41) is 3.65. The van der Waals surface area contributed by atoms with E-state index in [4.69, 9.17) is 16.1 Å². The first-order valence-electron chi connectivity index (χ1n) is 4.38. The molecule has 0 saturated heterocycles. The second-order valence-electron chi connectivity index (χ2n) is 2.92. The van der Waals surface area contributed by atoms with Crippen molar-refractivity contribution in [1.29, 1.82) is 0 Å². The van der Waals surface area contributed by atoms with Gasteiger partial charge in [-0.2, -0.15) is 4.98 Å². The minimum Gasteiger partial charge on any atom is -0.333 e. The van der Waals surface area contributed by atoms with Crippen LogP contribution in [0.4, 0.5) is 0 Å². The number of benzene rings is 1. The summed E-state index contributed by atoms with van der Waals surface area (Å²) in [6.45, 7) is 2.11. The Balaban J connectivity index is 2.33. The van der Waals surface area contributed by atoms with Crippen molar-refractivity contribution in [1.82, 2.24) is 10.1 Å². The fraction of sp³-hybridized carbons (Fsp3) is 0.200. The number of hydrogen-bond acceptors (Lipinski definition) is 3. The van der Waals surface area contributed by atoms with Crippen LogP contribution in [0.2, 0.25) is 5.28 Å². The molecule has 72 valence electrons. The average Bonchev–Trinajstić information content (AvgIpc) is 2.65. The van der Waals surface area contributed by atoms with Crippen molar-refractivity contribution in [2.45, 2.75) is 13.3 Å². The molecule has 1 aromatic heterocycles. The molecule has 0 bridgehead atoms. The third kappa shape index (κ3) is 1.77. The Hall–Kier alpha value is -1.35. The van der Waals surface area contributed by atoms with Gasteiger partial charge < -0.3 is 4.52 Å². The van der Waals surface area contributed by atoms with Crippen LogP contribution < -0.4 is 0 Å². The van der Waals surface area contributed by atoms with Gasteiger partial charge in [0.1, 0.15) is 0 Å². The first-order valence-corrected chi connectivity index (χ1v) is 4.76. The van der Waals surface area contributed by atoms with Gasteiger partial charge >= 0.3 is 0 Å². The summed E-state index contributed by atoms with van der Waals surface area (Å²) in [4.78, 5) is 3.92. The Morgan fingerprint density at radius 3 is 2.50 bits per heavy atom. The highest BCUT2D eigenvalue weighted by atomic mass is 35.5. The topological polar surface area (TPSA) is 38.9 Å². The predicted molar refractivity (Wildman–Crippen MR) is 54.1 cm³/mol. The number of halogens is 1. The fourth-order valence-electron chi connectivity index (χ4n) is 1.21. The van der Waals surface area contributed by atoms with Crippen LogP contribution in [-0.2, 0) is 6.42 Å². The zero-order valence-electron chi connectivity index (χ0n) is 7.70. The highest BCUT2D eigenvalue weighted by molar-refractivity contribution is 6.28. The normalized spacial score (nSPS) is 10.4. The van der Waals surface area contributed by atoms with Gasteiger partial charge in [0.2, 0.25) is 0 Å². The largest absolute Gasteiger partial charge is 0.333 e. The Labute approximate surface area is 86.7 Å². The molecule has 0 atom stereocenters. The summed E-state index contributed by atoms with van der Waals surface area (Å²) in [6.07, 6.45) is 1.02. The van der Waals surface area contributed by atoms with E-state index in [1.54, 1.807) is 0 Å². The Morgan fingerprint density at radius 2 is 2.00 bits per heavy atom. The highest BCUT2D eigenvalue weighted by Gasteiger charge is 2.05. The van der Waals surface area contributed by atoms with Crippen molar-refractivity contribution in [3.8, 4) is 11.5 Å². The number of nitrogens with zero attached hydrogens (tertiary/aromatic N) is 2. The van der Waals surface area contributed by atoms with Crippen LogP contribution in [0.15, 0.2) is 28.8 Å². The van der Waals surface area contributed by atoms with Crippen molar-refractivity contribution >= 4 is 11.6 Å². The SMILES string of the molecule is CCc1ccc(-c2nc(Cl)no2)cc1. The molecule has 0 saturated carbocycles. The molecule has 1 heterocycles. The Morgan fingerprint density at radius 1 is 1.29 bits per heavy atom. The summed E-state index contributed by atoms with van der Waals surface area (Å²) in [5.41, 5.74) is 2.17. The molecule has 0 fully saturated rings. The summed E-state index contributed by atoms with van der Waals surface area (Å²) < 4.78 is 4.93. The molecule has 2 rings (SSSR count). The molecule has 0 aliphatic heterocycles. The van der Waals surface area contributed by atoms with E-state index < -0.39 is 0 Å². The van der Waals surface area contributed by atoms with Crippen LogP contribution >= 0.6 is 11.6 Å². The van der Waals surface area contributed by atoms with Gasteiger partial charge in [-0.05, 0) is 40.9 Å². The summed E-state index contributed by atoms with van der Waals surface area (Å²) in [6, 6.07) is 7.96. The molecule has 1 aromatic carbocycles. The van der Waals surface area contributed by atoms with E-state index in [1.165, 1.54) is 5.56 Å². The van der Waals surface area contributed by atoms with Crippen LogP contribution in [0, 0.1) is 0 Å². The molecule has 0 spiro atoms. The lowest BCUT2D eigenvalue weighted by Gasteiger charge is -1.96. The molecule has 2 aromatic rings. The molecule has 0 unspecified atom stereocenters. The molecular weight excluding hydrogens is 200 g/mol. The van der Waals surface area contributed by atoms with Gasteiger partial charge in [0.05, 0.1) is 0 Å². The van der Waals surface area contributed by atoms with E-state index in [0.29, 0.717) is 5.89 Å². The molecular formula is C10H9ClN2O. The zero-order valence-corrected chi connectivity index (χ0v) is 8.45. The fourth-order valence-corrected chi connectivity index (χ4v) is 1.32. The van der Waals surface area contributed by atoms with E-state index in [-0.39, 0.29) is 5.28 Å². The summed E-state index contributed by atoms with van der Waals surface area (Å²) in [7, 11) is 0. The van der Waals surface area contributed by atoms with E-state index in [0.717, 1.165) is 12.0 Å². The molecule has 0 radical (unpaired) electrons. The summed E-state index contributed by atoms with van der Waals surface area (Å²) in [5.74, 6) is 0.456. The summed E-state index contributed by atoms with van der Waals surface area (Å²) >= 11 is 5.55. The minimum absolute atomic E-state index is 0.138. The standard InChI is InChI=1S/C10H9ClN2O/c1-2-7-3-5-8(6-4-7)9-12-10(11)13-14-9/h3-6H,2H2,1H3. The van der Waals surface area contributed by atoms with Crippen LogP contribution in [0.5, 0.6) is 0 Å². The number of aryl methyl sites for hydroxylation is 1. The number of hydrogen-bond donors (Lipinski definition) is 0. The van der Waals surface area contributed by atoms with Crippen molar-refractivity contribution in [3.63, 3.8) is 0 Å². The third-order valence-electron chi connectivity index (χ3n) is 2.01. The van der Waals surface area contributed by atoms with Crippen LogP contribution in [0.25, 0.3) is 11.5 Å². The van der Waals surface area contributed by atoms with Gasteiger partial charge in [0.25, 0.3) is 11.2 Å². The van der Waals surface area contributed by atoms with E-state index in [1.807, 2.05) is 24.3 Å². The third-order valence-corrected chi connectivity index (χ3v) is 2.16.